The van der Waals surface area contributed by atoms with Crippen molar-refractivity contribution in [3.8, 4) is 0 Å². The number of primary amides is 1. The van der Waals surface area contributed by atoms with Crippen molar-refractivity contribution in [3.05, 3.63) is 65.7 Å². The highest BCUT2D eigenvalue weighted by molar-refractivity contribution is 5.98. The monoisotopic (exact) mass is 1400 g/mol. The summed E-state index contributed by atoms with van der Waals surface area (Å²) in [6.45, 7) is 20.1. The van der Waals surface area contributed by atoms with E-state index in [0.717, 1.165) is 0 Å². The van der Waals surface area contributed by atoms with Crippen molar-refractivity contribution in [2.75, 3.05) is 99.6 Å². The van der Waals surface area contributed by atoms with E-state index < -0.39 is 126 Å². The van der Waals surface area contributed by atoms with Gasteiger partial charge in [0.25, 0.3) is 0 Å². The summed E-state index contributed by atoms with van der Waals surface area (Å²) in [5.74, 6) is -6.33. The van der Waals surface area contributed by atoms with Gasteiger partial charge in [-0.1, -0.05) is 111 Å². The minimum absolute atomic E-state index is 0.0454. The van der Waals surface area contributed by atoms with Crippen molar-refractivity contribution in [2.45, 2.75) is 188 Å². The van der Waals surface area contributed by atoms with Crippen molar-refractivity contribution in [3.63, 3.8) is 0 Å². The number of rotatable bonds is 47. The molecule has 29 heteroatoms. The van der Waals surface area contributed by atoms with E-state index in [-0.39, 0.29) is 115 Å². The first kappa shape index (κ1) is 85.7. The molecule has 1 aliphatic heterocycles. The largest absolute Gasteiger partial charge is 0.481 e. The first-order chi connectivity index (χ1) is 47.0. The molecule has 0 spiro atoms. The van der Waals surface area contributed by atoms with Crippen molar-refractivity contribution >= 4 is 65.1 Å². The van der Waals surface area contributed by atoms with E-state index >= 15 is 0 Å². The van der Waals surface area contributed by atoms with Crippen LogP contribution < -0.4 is 37.6 Å². The fourth-order valence-electron chi connectivity index (χ4n) is 11.8. The second-order valence-electron chi connectivity index (χ2n) is 26.1. The molecule has 99 heavy (non-hydrogen) atoms. The van der Waals surface area contributed by atoms with Crippen molar-refractivity contribution < 1.29 is 91.3 Å². The number of ether oxygens (including phenoxy) is 7. The molecule has 1 aliphatic rings. The van der Waals surface area contributed by atoms with Gasteiger partial charge in [0, 0.05) is 53.5 Å². The number of anilines is 1. The fourth-order valence-corrected chi connectivity index (χ4v) is 11.8. The number of methoxy groups -OCH3 is 2. The average Bonchev–Trinajstić information content (AvgIpc) is 1.80. The Morgan fingerprint density at radius 1 is 0.667 bits per heavy atom. The Morgan fingerprint density at radius 3 is 1.79 bits per heavy atom. The molecular formula is C70H114N10O19. The highest BCUT2D eigenvalue weighted by Crippen LogP contribution is 2.31. The number of aliphatic hydroxyl groups excluding tert-OH is 1. The number of hydrogen-bond acceptors (Lipinski definition) is 18. The molecule has 0 aromatic heterocycles. The van der Waals surface area contributed by atoms with Crippen LogP contribution in [0.15, 0.2) is 54.6 Å². The lowest BCUT2D eigenvalue weighted by molar-refractivity contribution is -0.148. The Labute approximate surface area is 584 Å². The zero-order chi connectivity index (χ0) is 73.9. The van der Waals surface area contributed by atoms with Gasteiger partial charge in [-0.2, -0.15) is 0 Å². The maximum atomic E-state index is 14.8. The van der Waals surface area contributed by atoms with E-state index in [1.165, 1.54) is 26.2 Å². The number of likely N-dealkylation sites (tertiary alicyclic amines) is 1. The molecule has 1 unspecified atom stereocenters. The molecule has 2 aromatic carbocycles. The van der Waals surface area contributed by atoms with Crippen LogP contribution in [0.2, 0.25) is 0 Å². The molecule has 3 rings (SSSR count). The summed E-state index contributed by atoms with van der Waals surface area (Å²) in [5, 5.41) is 36.2. The van der Waals surface area contributed by atoms with Gasteiger partial charge >= 0.3 is 18.1 Å². The summed E-state index contributed by atoms with van der Waals surface area (Å²) >= 11 is 0. The number of urea groups is 1. The van der Waals surface area contributed by atoms with E-state index in [4.69, 9.17) is 44.0 Å². The van der Waals surface area contributed by atoms with E-state index in [2.05, 4.69) is 31.9 Å². The Kier molecular flexibility index (Phi) is 39.2. The standard InChI is InChI=1S/C70H114N10O19/c1-15-46(8)61(54(93-13)41-56(82)80-32-20-24-53(80)63(94-14)47(9)64(86)73-48(10)62(85)50-21-17-16-18-22-50)78(11)68(90)59(44(4)5)77-67(89)60(45(6)7)79(12)70(92)99-42-49-25-27-51(28-26-49)74-65(87)52(23-19-31-72-69(71)91)75-66(88)58(43(2)3)76-55(81)29-33-95-35-37-97-39-40-98-38-36-96-34-30-57(83)84/h16-18,21-22,25-28,43-48,52-54,58-63,85H,15,19-20,23-24,29-42H2,1-14H3,(H,73,86)(H,74,87)(H,75,88)(H,76,81)(H,77,89)(H,83,84)(H3,71,72,91)/t46-,47+,48+,52-,53-,54?,58-,59-,60-,61-,62+,63+/m0/s1. The molecule has 29 nitrogen and oxygen atoms in total. The molecule has 0 radical (unpaired) electrons. The van der Waals surface area contributed by atoms with Crippen LogP contribution in [-0.2, 0) is 78.1 Å². The third-order valence-corrected chi connectivity index (χ3v) is 17.6. The quantitative estimate of drug-likeness (QED) is 0.0411. The van der Waals surface area contributed by atoms with Gasteiger partial charge in [-0.05, 0) is 79.5 Å². The van der Waals surface area contributed by atoms with Gasteiger partial charge in [0.1, 0.15) is 30.8 Å². The second kappa shape index (κ2) is 45.3. The highest BCUT2D eigenvalue weighted by Gasteiger charge is 2.44. The zero-order valence-corrected chi connectivity index (χ0v) is 60.5. The summed E-state index contributed by atoms with van der Waals surface area (Å²) in [5.41, 5.74) is 6.77. The third kappa shape index (κ3) is 29.3. The van der Waals surface area contributed by atoms with Gasteiger partial charge in [-0.3, -0.25) is 43.3 Å². The van der Waals surface area contributed by atoms with Crippen LogP contribution in [0.25, 0.3) is 0 Å². The van der Waals surface area contributed by atoms with Crippen molar-refractivity contribution in [2.24, 2.45) is 35.3 Å². The van der Waals surface area contributed by atoms with E-state index in [1.807, 2.05) is 32.0 Å². The number of likely N-dealkylation sites (N-methyl/N-ethyl adjacent to an activating group) is 2. The summed E-state index contributed by atoms with van der Waals surface area (Å²) < 4.78 is 39.2. The molecule has 0 saturated carbocycles. The molecule has 1 fully saturated rings. The number of carbonyl (C=O) groups is 10. The summed E-state index contributed by atoms with van der Waals surface area (Å²) in [6.07, 6.45) is -1.25. The number of hydrogen-bond donors (Lipinski definition) is 9. The topological polar surface area (TPSA) is 384 Å². The normalized spacial score (nSPS) is 16.4. The van der Waals surface area contributed by atoms with Crippen LogP contribution >= 0.6 is 0 Å². The number of carboxylic acid groups (broad SMARTS) is 1. The van der Waals surface area contributed by atoms with Gasteiger partial charge in [-0.15, -0.1) is 0 Å². The van der Waals surface area contributed by atoms with Gasteiger partial charge in [0.05, 0.1) is 108 Å². The lowest BCUT2D eigenvalue weighted by atomic mass is 9.89. The molecule has 1 heterocycles. The van der Waals surface area contributed by atoms with Gasteiger partial charge in [0.15, 0.2) is 0 Å². The average molecular weight is 1400 g/mol. The van der Waals surface area contributed by atoms with Gasteiger partial charge in [0.2, 0.25) is 41.4 Å². The number of nitrogens with two attached hydrogens (primary N) is 1. The molecule has 0 aliphatic carbocycles. The number of aliphatic carboxylic acids is 1. The van der Waals surface area contributed by atoms with Crippen LogP contribution in [0.4, 0.5) is 15.3 Å². The van der Waals surface area contributed by atoms with E-state index in [1.54, 1.807) is 109 Å². The highest BCUT2D eigenvalue weighted by atomic mass is 16.6. The molecule has 10 amide bonds. The zero-order valence-electron chi connectivity index (χ0n) is 60.5. The first-order valence-electron chi connectivity index (χ1n) is 34.4. The van der Waals surface area contributed by atoms with Crippen LogP contribution in [0.3, 0.4) is 0 Å². The number of carbonyl (C=O) groups excluding carboxylic acids is 9. The fraction of sp³-hybridized carbons (Fsp3) is 0.686. The lowest BCUT2D eigenvalue weighted by Crippen LogP contribution is -2.60. The summed E-state index contributed by atoms with van der Waals surface area (Å²) in [4.78, 5) is 138. The minimum atomic E-state index is -1.12. The van der Waals surface area contributed by atoms with E-state index in [0.29, 0.717) is 49.2 Å². The van der Waals surface area contributed by atoms with Crippen LogP contribution in [-0.4, -0.2) is 233 Å². The van der Waals surface area contributed by atoms with Crippen molar-refractivity contribution in [1.29, 1.82) is 0 Å². The second-order valence-corrected chi connectivity index (χ2v) is 26.1. The maximum absolute atomic E-state index is 14.8. The number of carboxylic acids is 1. The molecule has 0 bridgehead atoms. The third-order valence-electron chi connectivity index (χ3n) is 17.6. The Balaban J connectivity index is 1.63. The first-order valence-corrected chi connectivity index (χ1v) is 34.4. The van der Waals surface area contributed by atoms with E-state index in [9.17, 15) is 53.1 Å². The predicted molar refractivity (Wildman–Crippen MR) is 369 cm³/mol. The number of benzene rings is 2. The van der Waals surface area contributed by atoms with Gasteiger partial charge in [-0.25, -0.2) is 9.59 Å². The number of aliphatic hydroxyl groups is 1. The Bertz CT molecular complexity index is 2820. The van der Waals surface area contributed by atoms with Crippen molar-refractivity contribution in [1.82, 2.24) is 41.3 Å². The van der Waals surface area contributed by atoms with Crippen LogP contribution in [0.5, 0.6) is 0 Å². The molecule has 2 aromatic rings. The molecule has 12 atom stereocenters. The number of amides is 10. The summed E-state index contributed by atoms with van der Waals surface area (Å²) in [7, 11) is 6.07. The van der Waals surface area contributed by atoms with Crippen LogP contribution in [0, 0.1) is 29.6 Å². The smallest absolute Gasteiger partial charge is 0.410 e. The Hall–Kier alpha value is -7.54. The summed E-state index contributed by atoms with van der Waals surface area (Å²) in [6, 6.07) is 8.68. The maximum Gasteiger partial charge on any atom is 0.410 e. The van der Waals surface area contributed by atoms with Crippen LogP contribution in [0.1, 0.15) is 138 Å². The predicted octanol–water partition coefficient (Wildman–Crippen LogP) is 4.52. The molecule has 1 saturated heterocycles. The molecular weight excluding hydrogens is 1280 g/mol. The lowest BCUT2D eigenvalue weighted by Gasteiger charge is -2.41. The Morgan fingerprint density at radius 2 is 1.25 bits per heavy atom. The number of nitrogens with zero attached hydrogens (tertiary/aromatic N) is 3. The minimum Gasteiger partial charge on any atom is -0.481 e. The number of nitrogens with one attached hydrogen (secondary N) is 6. The molecule has 558 valence electrons. The molecule has 10 N–H and O–H groups in total. The van der Waals surface area contributed by atoms with Gasteiger partial charge < -0.3 is 90.8 Å². The SMILES string of the molecule is CC[C@H](C)[C@@H](C(CC(=O)N1CCC[C@H]1[C@H](OC)[C@@H](C)C(=O)N[C@H](C)[C@@H](O)c1ccccc1)OC)N(C)C(=O)[C@@H](NC(=O)[C@H](C(C)C)N(C)C(=O)OCc1ccc(NC(=O)[C@H](CCCNC(N)=O)NC(=O)[C@@H](NC(=O)CCOCCOCCOCCOCCC(=O)O)C(C)C)cc1)C(C)C.